The smallest absolute Gasteiger partial charge is 0.229 e. The van der Waals surface area contributed by atoms with Gasteiger partial charge in [-0.05, 0) is 30.7 Å². The van der Waals surface area contributed by atoms with Crippen LogP contribution < -0.4 is 15.0 Å². The number of halogens is 2. The van der Waals surface area contributed by atoms with Crippen molar-refractivity contribution in [1.82, 2.24) is 0 Å². The van der Waals surface area contributed by atoms with E-state index in [1.165, 1.54) is 24.1 Å². The molecule has 1 aliphatic rings. The molecule has 0 saturated carbocycles. The molecular weight excluding hydrogens is 359 g/mol. The first-order valence-corrected chi connectivity index (χ1v) is 8.48. The molecule has 5 nitrogen and oxygen atoms in total. The number of benzene rings is 2. The molecule has 136 valence electrons. The van der Waals surface area contributed by atoms with E-state index in [1.807, 2.05) is 6.92 Å². The molecule has 1 N–H and O–H groups in total. The van der Waals surface area contributed by atoms with Gasteiger partial charge in [-0.25, -0.2) is 4.39 Å². The van der Waals surface area contributed by atoms with Crippen LogP contribution in [0.3, 0.4) is 0 Å². The van der Waals surface area contributed by atoms with E-state index in [1.54, 1.807) is 24.3 Å². The lowest BCUT2D eigenvalue weighted by atomic mass is 10.1. The van der Waals surface area contributed by atoms with Crippen molar-refractivity contribution >= 4 is 34.8 Å². The number of rotatable bonds is 4. The Kier molecular flexibility index (Phi) is 5.13. The van der Waals surface area contributed by atoms with Gasteiger partial charge in [0.1, 0.15) is 11.6 Å². The zero-order valence-corrected chi connectivity index (χ0v) is 15.1. The number of carbonyl (C=O) groups is 2. The van der Waals surface area contributed by atoms with Gasteiger partial charge in [-0.1, -0.05) is 23.7 Å². The van der Waals surface area contributed by atoms with Crippen LogP contribution in [0.5, 0.6) is 5.75 Å². The Morgan fingerprint density at radius 3 is 2.77 bits per heavy atom. The topological polar surface area (TPSA) is 58.6 Å². The molecule has 2 amide bonds. The molecule has 26 heavy (non-hydrogen) atoms. The predicted molar refractivity (Wildman–Crippen MR) is 98.2 cm³/mol. The van der Waals surface area contributed by atoms with Crippen molar-refractivity contribution in [1.29, 1.82) is 0 Å². The highest BCUT2D eigenvalue weighted by Crippen LogP contribution is 2.33. The number of nitrogens with one attached hydrogen (secondary N) is 1. The standard InChI is InChI=1S/C19H18ClFN2O3/c1-11-7-15(17(26-2)9-13(11)20)22-19(25)12-8-18(24)23(10-12)16-6-4-3-5-14(16)21/h3-7,9,12H,8,10H2,1-2H3,(H,22,25). The van der Waals surface area contributed by atoms with E-state index in [2.05, 4.69) is 5.32 Å². The summed E-state index contributed by atoms with van der Waals surface area (Å²) in [6, 6.07) is 9.36. The van der Waals surface area contributed by atoms with E-state index in [-0.39, 0.29) is 30.5 Å². The van der Waals surface area contributed by atoms with E-state index >= 15 is 0 Å². The first-order valence-electron chi connectivity index (χ1n) is 8.10. The molecule has 7 heteroatoms. The van der Waals surface area contributed by atoms with E-state index in [0.717, 1.165) is 5.56 Å². The Morgan fingerprint density at radius 2 is 2.08 bits per heavy atom. The van der Waals surface area contributed by atoms with Gasteiger partial charge >= 0.3 is 0 Å². The average Bonchev–Trinajstić information content (AvgIpc) is 3.00. The molecule has 1 saturated heterocycles. The van der Waals surface area contributed by atoms with Gasteiger partial charge in [0, 0.05) is 24.1 Å². The first-order chi connectivity index (χ1) is 12.4. The number of hydrogen-bond donors (Lipinski definition) is 1. The Balaban J connectivity index is 1.77. The van der Waals surface area contributed by atoms with Gasteiger partial charge < -0.3 is 15.0 Å². The minimum absolute atomic E-state index is 0.0229. The molecule has 0 bridgehead atoms. The lowest BCUT2D eigenvalue weighted by Crippen LogP contribution is -2.28. The molecule has 1 heterocycles. The Bertz CT molecular complexity index is 872. The van der Waals surface area contributed by atoms with Crippen molar-refractivity contribution in [3.8, 4) is 5.75 Å². The second-order valence-corrected chi connectivity index (χ2v) is 6.55. The van der Waals surface area contributed by atoms with Crippen molar-refractivity contribution in [2.45, 2.75) is 13.3 Å². The Labute approximate surface area is 155 Å². The molecule has 1 unspecified atom stereocenters. The summed E-state index contributed by atoms with van der Waals surface area (Å²) in [7, 11) is 1.48. The zero-order valence-electron chi connectivity index (χ0n) is 14.4. The summed E-state index contributed by atoms with van der Waals surface area (Å²) < 4.78 is 19.2. The molecule has 0 aromatic heterocycles. The summed E-state index contributed by atoms with van der Waals surface area (Å²) in [5.74, 6) is -1.24. The van der Waals surface area contributed by atoms with Crippen LogP contribution in [0.2, 0.25) is 5.02 Å². The summed E-state index contributed by atoms with van der Waals surface area (Å²) in [5.41, 5.74) is 1.46. The van der Waals surface area contributed by atoms with Crippen molar-refractivity contribution in [3.63, 3.8) is 0 Å². The van der Waals surface area contributed by atoms with Crippen LogP contribution in [-0.4, -0.2) is 25.5 Å². The fraction of sp³-hybridized carbons (Fsp3) is 0.263. The number of methoxy groups -OCH3 is 1. The molecule has 0 spiro atoms. The minimum atomic E-state index is -0.581. The van der Waals surface area contributed by atoms with Gasteiger partial charge in [0.05, 0.1) is 24.4 Å². The fourth-order valence-corrected chi connectivity index (χ4v) is 3.10. The van der Waals surface area contributed by atoms with Crippen molar-refractivity contribution < 1.29 is 18.7 Å². The summed E-state index contributed by atoms with van der Waals surface area (Å²) in [5, 5.41) is 3.31. The summed E-state index contributed by atoms with van der Waals surface area (Å²) >= 11 is 6.07. The largest absolute Gasteiger partial charge is 0.495 e. The van der Waals surface area contributed by atoms with Gasteiger partial charge in [-0.15, -0.1) is 0 Å². The Morgan fingerprint density at radius 1 is 1.35 bits per heavy atom. The predicted octanol–water partition coefficient (Wildman–Crippen LogP) is 3.79. The van der Waals surface area contributed by atoms with Gasteiger partial charge in [-0.2, -0.15) is 0 Å². The van der Waals surface area contributed by atoms with E-state index < -0.39 is 11.7 Å². The van der Waals surface area contributed by atoms with Gasteiger partial charge in [0.25, 0.3) is 0 Å². The maximum atomic E-state index is 13.9. The lowest BCUT2D eigenvalue weighted by Gasteiger charge is -2.18. The van der Waals surface area contributed by atoms with Crippen LogP contribution in [0.15, 0.2) is 36.4 Å². The van der Waals surface area contributed by atoms with Crippen LogP contribution in [0, 0.1) is 18.7 Å². The van der Waals surface area contributed by atoms with Gasteiger partial charge in [0.2, 0.25) is 11.8 Å². The number of para-hydroxylation sites is 1. The molecule has 1 atom stereocenters. The van der Waals surface area contributed by atoms with E-state index in [9.17, 15) is 14.0 Å². The van der Waals surface area contributed by atoms with Crippen molar-refractivity contribution in [3.05, 3.63) is 52.8 Å². The molecule has 2 aromatic carbocycles. The second-order valence-electron chi connectivity index (χ2n) is 6.15. The maximum Gasteiger partial charge on any atom is 0.229 e. The number of amides is 2. The third-order valence-corrected chi connectivity index (χ3v) is 4.78. The molecule has 3 rings (SSSR count). The molecule has 2 aromatic rings. The molecule has 1 aliphatic heterocycles. The molecule has 1 fully saturated rings. The van der Waals surface area contributed by atoms with Gasteiger partial charge in [-0.3, -0.25) is 9.59 Å². The normalized spacial score (nSPS) is 16.7. The van der Waals surface area contributed by atoms with Crippen LogP contribution in [0.25, 0.3) is 0 Å². The number of aryl methyl sites for hydroxylation is 1. The highest BCUT2D eigenvalue weighted by Gasteiger charge is 2.36. The average molecular weight is 377 g/mol. The fourth-order valence-electron chi connectivity index (χ4n) is 2.95. The number of anilines is 2. The second kappa shape index (κ2) is 7.33. The zero-order chi connectivity index (χ0) is 18.8. The van der Waals surface area contributed by atoms with Crippen molar-refractivity contribution in [2.75, 3.05) is 23.9 Å². The molecule has 0 aliphatic carbocycles. The molecule has 0 radical (unpaired) electrons. The number of hydrogen-bond acceptors (Lipinski definition) is 3. The number of ether oxygens (including phenoxy) is 1. The third-order valence-electron chi connectivity index (χ3n) is 4.38. The van der Waals surface area contributed by atoms with Gasteiger partial charge in [0.15, 0.2) is 0 Å². The monoisotopic (exact) mass is 376 g/mol. The van der Waals surface area contributed by atoms with Crippen LogP contribution in [0.4, 0.5) is 15.8 Å². The quantitative estimate of drug-likeness (QED) is 0.883. The Hall–Kier alpha value is -2.60. The lowest BCUT2D eigenvalue weighted by molar-refractivity contribution is -0.122. The minimum Gasteiger partial charge on any atom is -0.495 e. The van der Waals surface area contributed by atoms with Crippen LogP contribution >= 0.6 is 11.6 Å². The number of nitrogens with zero attached hydrogens (tertiary/aromatic N) is 1. The van der Waals surface area contributed by atoms with E-state index in [4.69, 9.17) is 16.3 Å². The van der Waals surface area contributed by atoms with Crippen LogP contribution in [0.1, 0.15) is 12.0 Å². The van der Waals surface area contributed by atoms with Crippen molar-refractivity contribution in [2.24, 2.45) is 5.92 Å². The first kappa shape index (κ1) is 18.2. The van der Waals surface area contributed by atoms with E-state index in [0.29, 0.717) is 16.5 Å². The number of carbonyl (C=O) groups excluding carboxylic acids is 2. The summed E-state index contributed by atoms with van der Waals surface area (Å²) in [4.78, 5) is 26.2. The third kappa shape index (κ3) is 3.51. The maximum absolute atomic E-state index is 13.9. The highest BCUT2D eigenvalue weighted by atomic mass is 35.5. The molecular formula is C19H18ClFN2O3. The highest BCUT2D eigenvalue weighted by molar-refractivity contribution is 6.31. The summed E-state index contributed by atoms with van der Waals surface area (Å²) in [6.45, 7) is 1.94. The van der Waals surface area contributed by atoms with Crippen LogP contribution in [-0.2, 0) is 9.59 Å². The SMILES string of the molecule is COc1cc(Cl)c(C)cc1NC(=O)C1CC(=O)N(c2ccccc2F)C1. The summed E-state index contributed by atoms with van der Waals surface area (Å²) in [6.07, 6.45) is 0.0229.